The summed E-state index contributed by atoms with van der Waals surface area (Å²) in [6.07, 6.45) is 2.99. The first-order valence-electron chi connectivity index (χ1n) is 7.85. The summed E-state index contributed by atoms with van der Waals surface area (Å²) >= 11 is 0. The largest absolute Gasteiger partial charge is 0.392 e. The second-order valence-corrected chi connectivity index (χ2v) is 6.01. The van der Waals surface area contributed by atoms with Gasteiger partial charge in [-0.25, -0.2) is 4.39 Å². The second kappa shape index (κ2) is 7.82. The molecule has 1 aromatic heterocycles. The van der Waals surface area contributed by atoms with E-state index in [4.69, 9.17) is 0 Å². The number of nitrogens with zero attached hydrogens (tertiary/aromatic N) is 2. The van der Waals surface area contributed by atoms with Crippen LogP contribution in [0.5, 0.6) is 0 Å². The summed E-state index contributed by atoms with van der Waals surface area (Å²) in [6, 6.07) is 3.34. The third-order valence-corrected chi connectivity index (χ3v) is 4.05. The fourth-order valence-corrected chi connectivity index (χ4v) is 2.96. The lowest BCUT2D eigenvalue weighted by molar-refractivity contribution is 0.166. The first-order valence-corrected chi connectivity index (χ1v) is 7.85. The van der Waals surface area contributed by atoms with Crippen molar-refractivity contribution in [3.05, 3.63) is 29.8 Å². The summed E-state index contributed by atoms with van der Waals surface area (Å²) in [6.45, 7) is 7.84. The molecule has 0 bridgehead atoms. The van der Waals surface area contributed by atoms with E-state index in [1.165, 1.54) is 12.3 Å². The molecule has 1 aromatic rings. The minimum atomic E-state index is -0.302. The molecule has 2 rings (SSSR count). The Morgan fingerprint density at radius 2 is 2.33 bits per heavy atom. The molecular formula is C16H26FN3O. The summed E-state index contributed by atoms with van der Waals surface area (Å²) in [5.74, 6) is 0.0446. The molecule has 0 spiro atoms. The number of β-amino-alcohol motifs (C(OH)–C–C–N with tert-alkyl or cyclic N) is 1. The average molecular weight is 295 g/mol. The Kier molecular flexibility index (Phi) is 6.08. The smallest absolute Gasteiger partial charge is 0.141 e. The third-order valence-electron chi connectivity index (χ3n) is 4.05. The van der Waals surface area contributed by atoms with Crippen LogP contribution in [0.1, 0.15) is 38.4 Å². The van der Waals surface area contributed by atoms with Crippen molar-refractivity contribution in [2.75, 3.05) is 26.2 Å². The molecule has 5 heteroatoms. The number of rotatable bonds is 7. The van der Waals surface area contributed by atoms with E-state index in [0.717, 1.165) is 44.7 Å². The van der Waals surface area contributed by atoms with Crippen molar-refractivity contribution in [3.63, 3.8) is 0 Å². The van der Waals surface area contributed by atoms with Gasteiger partial charge in [0.15, 0.2) is 0 Å². The molecule has 4 nitrogen and oxygen atoms in total. The minimum absolute atomic E-state index is 0.114. The lowest BCUT2D eigenvalue weighted by atomic mass is 9.97. The van der Waals surface area contributed by atoms with Gasteiger partial charge in [0.2, 0.25) is 0 Å². The third kappa shape index (κ3) is 4.73. The summed E-state index contributed by atoms with van der Waals surface area (Å²) < 4.78 is 13.1. The molecule has 0 amide bonds. The van der Waals surface area contributed by atoms with E-state index >= 15 is 0 Å². The van der Waals surface area contributed by atoms with Crippen LogP contribution in [0.2, 0.25) is 0 Å². The maximum absolute atomic E-state index is 13.1. The molecule has 118 valence electrons. The van der Waals surface area contributed by atoms with Gasteiger partial charge in [-0.3, -0.25) is 4.98 Å². The van der Waals surface area contributed by atoms with Gasteiger partial charge in [-0.15, -0.1) is 0 Å². The highest BCUT2D eigenvalue weighted by Gasteiger charge is 2.26. The number of pyridine rings is 1. The molecule has 0 saturated carbocycles. The zero-order chi connectivity index (χ0) is 15.2. The van der Waals surface area contributed by atoms with Gasteiger partial charge in [0.05, 0.1) is 24.0 Å². The molecule has 0 aromatic carbocycles. The van der Waals surface area contributed by atoms with Gasteiger partial charge in [0.25, 0.3) is 0 Å². The van der Waals surface area contributed by atoms with Gasteiger partial charge >= 0.3 is 0 Å². The number of hydrogen-bond donors (Lipinski definition) is 2. The molecule has 3 unspecified atom stereocenters. The normalized spacial score (nSPS) is 22.4. The Bertz CT molecular complexity index is 426. The van der Waals surface area contributed by atoms with Crippen molar-refractivity contribution < 1.29 is 9.50 Å². The SMILES string of the molecule is CCCNC(c1ccc(F)cn1)C(C)CN1CCC(O)C1. The standard InChI is InChI=1S/C16H26FN3O/c1-3-7-18-16(15-5-4-13(17)9-19-15)12(2)10-20-8-6-14(21)11-20/h4-5,9,12,14,16,18,21H,3,6-8,10-11H2,1-2H3. The number of aliphatic hydroxyl groups is 1. The summed E-state index contributed by atoms with van der Waals surface area (Å²) in [7, 11) is 0. The highest BCUT2D eigenvalue weighted by Crippen LogP contribution is 2.23. The molecule has 2 N–H and O–H groups in total. The van der Waals surface area contributed by atoms with Crippen LogP contribution >= 0.6 is 0 Å². The van der Waals surface area contributed by atoms with Gasteiger partial charge < -0.3 is 15.3 Å². The predicted molar refractivity (Wildman–Crippen MR) is 81.5 cm³/mol. The van der Waals surface area contributed by atoms with Crippen molar-refractivity contribution in [2.24, 2.45) is 5.92 Å². The van der Waals surface area contributed by atoms with Crippen LogP contribution in [0.3, 0.4) is 0 Å². The number of nitrogens with one attached hydrogen (secondary N) is 1. The first-order chi connectivity index (χ1) is 10.1. The monoisotopic (exact) mass is 295 g/mol. The molecular weight excluding hydrogens is 269 g/mol. The van der Waals surface area contributed by atoms with E-state index < -0.39 is 0 Å². The van der Waals surface area contributed by atoms with Crippen LogP contribution in [-0.4, -0.2) is 47.3 Å². The van der Waals surface area contributed by atoms with E-state index in [9.17, 15) is 9.50 Å². The molecule has 3 atom stereocenters. The highest BCUT2D eigenvalue weighted by molar-refractivity contribution is 5.11. The zero-order valence-electron chi connectivity index (χ0n) is 12.9. The van der Waals surface area contributed by atoms with E-state index in [-0.39, 0.29) is 18.0 Å². The number of aromatic nitrogens is 1. The van der Waals surface area contributed by atoms with E-state index in [2.05, 4.69) is 29.0 Å². The van der Waals surface area contributed by atoms with Crippen LogP contribution < -0.4 is 5.32 Å². The number of halogens is 1. The fraction of sp³-hybridized carbons (Fsp3) is 0.688. The van der Waals surface area contributed by atoms with Gasteiger partial charge in [-0.1, -0.05) is 13.8 Å². The number of aliphatic hydroxyl groups excluding tert-OH is 1. The van der Waals surface area contributed by atoms with E-state index in [1.807, 2.05) is 0 Å². The maximum atomic E-state index is 13.1. The number of hydrogen-bond acceptors (Lipinski definition) is 4. The molecule has 1 fully saturated rings. The van der Waals surface area contributed by atoms with Crippen LogP contribution in [-0.2, 0) is 0 Å². The summed E-state index contributed by atoms with van der Waals surface area (Å²) in [5, 5.41) is 13.1. The average Bonchev–Trinajstić information content (AvgIpc) is 2.86. The Morgan fingerprint density at radius 1 is 1.52 bits per heavy atom. The van der Waals surface area contributed by atoms with Gasteiger partial charge in [0.1, 0.15) is 5.82 Å². The topological polar surface area (TPSA) is 48.4 Å². The van der Waals surface area contributed by atoms with Crippen LogP contribution in [0.15, 0.2) is 18.3 Å². The molecule has 1 aliphatic rings. The molecule has 1 aliphatic heterocycles. The lowest BCUT2D eigenvalue weighted by Gasteiger charge is -2.28. The first kappa shape index (κ1) is 16.3. The molecule has 2 heterocycles. The lowest BCUT2D eigenvalue weighted by Crippen LogP contribution is -2.36. The quantitative estimate of drug-likeness (QED) is 0.807. The Labute approximate surface area is 126 Å². The van der Waals surface area contributed by atoms with E-state index in [0.29, 0.717) is 5.92 Å². The highest BCUT2D eigenvalue weighted by atomic mass is 19.1. The molecule has 0 radical (unpaired) electrons. The van der Waals surface area contributed by atoms with Gasteiger partial charge in [-0.2, -0.15) is 0 Å². The fourth-order valence-electron chi connectivity index (χ4n) is 2.96. The maximum Gasteiger partial charge on any atom is 0.141 e. The van der Waals surface area contributed by atoms with Crippen molar-refractivity contribution in [1.82, 2.24) is 15.2 Å². The Morgan fingerprint density at radius 3 is 2.90 bits per heavy atom. The second-order valence-electron chi connectivity index (χ2n) is 6.01. The Hall–Kier alpha value is -1.04. The number of likely N-dealkylation sites (tertiary alicyclic amines) is 1. The zero-order valence-corrected chi connectivity index (χ0v) is 12.9. The predicted octanol–water partition coefficient (Wildman–Crippen LogP) is 1.96. The summed E-state index contributed by atoms with van der Waals surface area (Å²) in [5.41, 5.74) is 0.886. The van der Waals surface area contributed by atoms with Gasteiger partial charge in [-0.05, 0) is 37.4 Å². The minimum Gasteiger partial charge on any atom is -0.392 e. The summed E-state index contributed by atoms with van der Waals surface area (Å²) in [4.78, 5) is 6.53. The van der Waals surface area contributed by atoms with Crippen LogP contribution in [0, 0.1) is 11.7 Å². The molecule has 1 saturated heterocycles. The van der Waals surface area contributed by atoms with Crippen molar-refractivity contribution in [1.29, 1.82) is 0 Å². The molecule has 21 heavy (non-hydrogen) atoms. The van der Waals surface area contributed by atoms with Crippen molar-refractivity contribution in [2.45, 2.75) is 38.8 Å². The van der Waals surface area contributed by atoms with Crippen LogP contribution in [0.4, 0.5) is 4.39 Å². The van der Waals surface area contributed by atoms with Crippen molar-refractivity contribution in [3.8, 4) is 0 Å². The molecule has 0 aliphatic carbocycles. The van der Waals surface area contributed by atoms with Gasteiger partial charge in [0, 0.05) is 19.6 Å². The Balaban J connectivity index is 2.02. The van der Waals surface area contributed by atoms with Crippen molar-refractivity contribution >= 4 is 0 Å². The van der Waals surface area contributed by atoms with Crippen LogP contribution in [0.25, 0.3) is 0 Å². The van der Waals surface area contributed by atoms with E-state index in [1.54, 1.807) is 6.07 Å².